The smallest absolute Gasteiger partial charge is 0.349 e. The second-order valence-corrected chi connectivity index (χ2v) is 2.75. The van der Waals surface area contributed by atoms with Gasteiger partial charge in [-0.05, 0) is 0 Å². The van der Waals surface area contributed by atoms with Crippen molar-refractivity contribution >= 4 is 23.8 Å². The lowest BCUT2D eigenvalue weighted by Crippen LogP contribution is -2.38. The van der Waals surface area contributed by atoms with Crippen LogP contribution in [0.15, 0.2) is 12.2 Å². The quantitative estimate of drug-likeness (QED) is 0.358. The Morgan fingerprint density at radius 3 is 1.88 bits per heavy atom. The number of rotatable bonds is 6. The minimum absolute atomic E-state index is 0.519. The summed E-state index contributed by atoms with van der Waals surface area (Å²) in [6.45, 7) is -1.60. The molecule has 0 radical (unpaired) electrons. The molecule has 1 amide bonds. The van der Waals surface area contributed by atoms with Crippen molar-refractivity contribution in [2.75, 3.05) is 13.1 Å². The SMILES string of the molecule is NOC(=O)/C=C/C(=O)N(CC(=O)O)CC(=O)O. The van der Waals surface area contributed by atoms with Crippen LogP contribution >= 0.6 is 0 Å². The normalized spacial score (nSPS) is 9.94. The van der Waals surface area contributed by atoms with Gasteiger partial charge in [-0.25, -0.2) is 4.79 Å². The highest BCUT2D eigenvalue weighted by Gasteiger charge is 2.17. The Bertz CT molecular complexity index is 347. The van der Waals surface area contributed by atoms with Crippen LogP contribution in [0.5, 0.6) is 0 Å². The van der Waals surface area contributed by atoms with Crippen molar-refractivity contribution < 1.29 is 34.2 Å². The first-order valence-corrected chi connectivity index (χ1v) is 4.18. The number of carboxylic acid groups (broad SMARTS) is 2. The number of aliphatic carboxylic acids is 2. The first-order valence-electron chi connectivity index (χ1n) is 4.18. The lowest BCUT2D eigenvalue weighted by molar-refractivity contribution is -0.147. The lowest BCUT2D eigenvalue weighted by Gasteiger charge is -2.15. The van der Waals surface area contributed by atoms with Crippen LogP contribution in [0.2, 0.25) is 0 Å². The molecule has 0 spiro atoms. The maximum Gasteiger partial charge on any atom is 0.349 e. The van der Waals surface area contributed by atoms with Crippen molar-refractivity contribution in [2.24, 2.45) is 5.90 Å². The van der Waals surface area contributed by atoms with E-state index in [2.05, 4.69) is 10.7 Å². The van der Waals surface area contributed by atoms with E-state index >= 15 is 0 Å². The number of carbonyl (C=O) groups is 4. The van der Waals surface area contributed by atoms with E-state index in [1.807, 2.05) is 0 Å². The summed E-state index contributed by atoms with van der Waals surface area (Å²) in [5.41, 5.74) is 0. The van der Waals surface area contributed by atoms with Crippen molar-refractivity contribution in [1.29, 1.82) is 0 Å². The third kappa shape index (κ3) is 6.62. The van der Waals surface area contributed by atoms with E-state index in [-0.39, 0.29) is 0 Å². The molecule has 0 aliphatic carbocycles. The summed E-state index contributed by atoms with van der Waals surface area (Å²) in [5.74, 6) is -0.261. The van der Waals surface area contributed by atoms with Crippen LogP contribution in [0.4, 0.5) is 0 Å². The first-order chi connectivity index (χ1) is 7.86. The molecule has 9 heteroatoms. The van der Waals surface area contributed by atoms with E-state index in [4.69, 9.17) is 10.2 Å². The van der Waals surface area contributed by atoms with Crippen molar-refractivity contribution in [3.05, 3.63) is 12.2 Å². The number of hydrogen-bond acceptors (Lipinski definition) is 6. The molecule has 0 aromatic rings. The molecule has 0 bridgehead atoms. The molecule has 0 atom stereocenters. The highest BCUT2D eigenvalue weighted by Crippen LogP contribution is 1.93. The molecule has 0 heterocycles. The summed E-state index contributed by atoms with van der Waals surface area (Å²) in [4.78, 5) is 46.8. The van der Waals surface area contributed by atoms with Crippen LogP contribution in [0, 0.1) is 0 Å². The monoisotopic (exact) mass is 246 g/mol. The number of amides is 1. The molecule has 0 aliphatic heterocycles. The lowest BCUT2D eigenvalue weighted by atomic mass is 10.4. The van der Waals surface area contributed by atoms with Crippen molar-refractivity contribution in [1.82, 2.24) is 4.90 Å². The van der Waals surface area contributed by atoms with Crippen molar-refractivity contribution in [2.45, 2.75) is 0 Å². The van der Waals surface area contributed by atoms with E-state index in [1.165, 1.54) is 0 Å². The highest BCUT2D eigenvalue weighted by atomic mass is 16.7. The van der Waals surface area contributed by atoms with Gasteiger partial charge in [-0.2, -0.15) is 5.90 Å². The van der Waals surface area contributed by atoms with E-state index in [0.29, 0.717) is 17.1 Å². The number of carbonyl (C=O) groups excluding carboxylic acids is 2. The molecule has 0 unspecified atom stereocenters. The van der Waals surface area contributed by atoms with Crippen LogP contribution < -0.4 is 5.90 Å². The Kier molecular flexibility index (Phi) is 5.96. The summed E-state index contributed by atoms with van der Waals surface area (Å²) in [6, 6.07) is 0. The third-order valence-corrected chi connectivity index (χ3v) is 1.44. The fraction of sp³-hybridized carbons (Fsp3) is 0.250. The maximum atomic E-state index is 11.3. The molecule has 9 nitrogen and oxygen atoms in total. The predicted octanol–water partition coefficient (Wildman–Crippen LogP) is -2.04. The standard InChI is InChI=1S/C8H10N2O7/c9-17-8(16)2-1-5(11)10(3-6(12)13)4-7(14)15/h1-2H,3-4,9H2,(H,12,13)(H,14,15)/b2-1+. The summed E-state index contributed by atoms with van der Waals surface area (Å²) >= 11 is 0. The molecule has 4 N–H and O–H groups in total. The van der Waals surface area contributed by atoms with Gasteiger partial charge in [0.05, 0.1) is 0 Å². The van der Waals surface area contributed by atoms with Gasteiger partial charge in [0.2, 0.25) is 5.91 Å². The molecule has 0 aromatic carbocycles. The summed E-state index contributed by atoms with van der Waals surface area (Å²) < 4.78 is 0. The van der Waals surface area contributed by atoms with Crippen molar-refractivity contribution in [3.63, 3.8) is 0 Å². The third-order valence-electron chi connectivity index (χ3n) is 1.44. The van der Waals surface area contributed by atoms with Gasteiger partial charge in [0, 0.05) is 12.2 Å². The minimum Gasteiger partial charge on any atom is -0.480 e. The van der Waals surface area contributed by atoms with Gasteiger partial charge in [0.1, 0.15) is 13.1 Å². The number of nitrogens with two attached hydrogens (primary N) is 1. The fourth-order valence-electron chi connectivity index (χ4n) is 0.822. The Hall–Kier alpha value is -2.42. The maximum absolute atomic E-state index is 11.3. The molecule has 94 valence electrons. The first kappa shape index (κ1) is 14.6. The summed E-state index contributed by atoms with van der Waals surface area (Å²) in [6.07, 6.45) is 1.32. The van der Waals surface area contributed by atoms with Crippen LogP contribution in [0.3, 0.4) is 0 Å². The largest absolute Gasteiger partial charge is 0.480 e. The molecule has 0 fully saturated rings. The number of hydrogen-bond donors (Lipinski definition) is 3. The minimum atomic E-state index is -1.38. The van der Waals surface area contributed by atoms with Gasteiger partial charge < -0.3 is 20.0 Å². The Labute approximate surface area is 95.0 Å². The van der Waals surface area contributed by atoms with E-state index in [9.17, 15) is 19.2 Å². The second kappa shape index (κ2) is 6.95. The second-order valence-electron chi connectivity index (χ2n) is 2.75. The zero-order valence-corrected chi connectivity index (χ0v) is 8.53. The number of carboxylic acids is 2. The summed E-state index contributed by atoms with van der Waals surface area (Å²) in [5, 5.41) is 16.9. The van der Waals surface area contributed by atoms with Crippen LogP contribution in [0.1, 0.15) is 0 Å². The Balaban J connectivity index is 4.62. The molecular weight excluding hydrogens is 236 g/mol. The molecule has 0 aliphatic rings. The van der Waals surface area contributed by atoms with Gasteiger partial charge in [-0.3, -0.25) is 14.4 Å². The molecular formula is C8H10N2O7. The zero-order valence-electron chi connectivity index (χ0n) is 8.53. The highest BCUT2D eigenvalue weighted by molar-refractivity contribution is 5.96. The van der Waals surface area contributed by atoms with Crippen LogP contribution in [0.25, 0.3) is 0 Å². The molecule has 17 heavy (non-hydrogen) atoms. The average Bonchev–Trinajstić information content (AvgIpc) is 2.23. The van der Waals surface area contributed by atoms with E-state index < -0.39 is 36.9 Å². The molecule has 0 rings (SSSR count). The zero-order chi connectivity index (χ0) is 13.4. The van der Waals surface area contributed by atoms with Gasteiger partial charge >= 0.3 is 17.9 Å². The predicted molar refractivity (Wildman–Crippen MR) is 51.3 cm³/mol. The Morgan fingerprint density at radius 1 is 1.06 bits per heavy atom. The van der Waals surface area contributed by atoms with E-state index in [0.717, 1.165) is 0 Å². The average molecular weight is 246 g/mol. The summed E-state index contributed by atoms with van der Waals surface area (Å²) in [7, 11) is 0. The van der Waals surface area contributed by atoms with Gasteiger partial charge in [0.15, 0.2) is 0 Å². The van der Waals surface area contributed by atoms with Crippen LogP contribution in [-0.4, -0.2) is 52.0 Å². The molecule has 0 aromatic heterocycles. The molecule has 0 saturated heterocycles. The molecule has 0 saturated carbocycles. The Morgan fingerprint density at radius 2 is 1.53 bits per heavy atom. The number of nitrogens with zero attached hydrogens (tertiary/aromatic N) is 1. The van der Waals surface area contributed by atoms with Crippen molar-refractivity contribution in [3.8, 4) is 0 Å². The van der Waals surface area contributed by atoms with Gasteiger partial charge in [0.25, 0.3) is 0 Å². The van der Waals surface area contributed by atoms with Gasteiger partial charge in [-0.1, -0.05) is 0 Å². The van der Waals surface area contributed by atoms with Crippen LogP contribution in [-0.2, 0) is 24.0 Å². The van der Waals surface area contributed by atoms with Gasteiger partial charge in [-0.15, -0.1) is 0 Å². The van der Waals surface area contributed by atoms with E-state index in [1.54, 1.807) is 0 Å². The topological polar surface area (TPSA) is 147 Å². The fourth-order valence-corrected chi connectivity index (χ4v) is 0.822.